The summed E-state index contributed by atoms with van der Waals surface area (Å²) >= 11 is 0. The molecule has 7 nitrogen and oxygen atoms in total. The van der Waals surface area contributed by atoms with Crippen molar-refractivity contribution in [2.24, 2.45) is 0 Å². The van der Waals surface area contributed by atoms with Gasteiger partial charge in [-0.2, -0.15) is 0 Å². The lowest BCUT2D eigenvalue weighted by atomic mass is 10.1. The Labute approximate surface area is 136 Å². The van der Waals surface area contributed by atoms with Gasteiger partial charge < -0.3 is 15.1 Å². The van der Waals surface area contributed by atoms with Crippen LogP contribution >= 0.6 is 0 Å². The van der Waals surface area contributed by atoms with Gasteiger partial charge in [-0.05, 0) is 36.8 Å². The monoisotopic (exact) mass is 325 g/mol. The van der Waals surface area contributed by atoms with Crippen molar-refractivity contribution in [1.82, 2.24) is 10.3 Å². The lowest BCUT2D eigenvalue weighted by Crippen LogP contribution is -2.33. The summed E-state index contributed by atoms with van der Waals surface area (Å²) in [5.74, 6) is -1.24. The number of aryl methyl sites for hydroxylation is 1. The molecule has 0 atom stereocenters. The quantitative estimate of drug-likeness (QED) is 0.680. The fraction of sp³-hybridized carbons (Fsp3) is 0.118. The molecule has 0 aliphatic rings. The van der Waals surface area contributed by atoms with E-state index in [0.29, 0.717) is 22.4 Å². The molecule has 3 N–H and O–H groups in total. The highest BCUT2D eigenvalue weighted by Gasteiger charge is 2.10. The summed E-state index contributed by atoms with van der Waals surface area (Å²) in [6, 6.07) is 11.9. The lowest BCUT2D eigenvalue weighted by Gasteiger charge is -2.08. The fourth-order valence-corrected chi connectivity index (χ4v) is 2.32. The molecule has 1 aromatic heterocycles. The minimum atomic E-state index is -0.557. The Morgan fingerprint density at radius 2 is 1.96 bits per heavy atom. The van der Waals surface area contributed by atoms with Crippen LogP contribution in [-0.2, 0) is 4.79 Å². The van der Waals surface area contributed by atoms with Gasteiger partial charge >= 0.3 is 5.76 Å². The Morgan fingerprint density at radius 3 is 2.75 bits per heavy atom. The van der Waals surface area contributed by atoms with Crippen LogP contribution in [0.1, 0.15) is 15.9 Å². The molecule has 0 aliphatic heterocycles. The molecule has 0 radical (unpaired) electrons. The number of carbonyl (C=O) groups is 2. The van der Waals surface area contributed by atoms with Crippen molar-refractivity contribution in [3.8, 4) is 0 Å². The minimum absolute atomic E-state index is 0.160. The molecule has 0 saturated carbocycles. The van der Waals surface area contributed by atoms with E-state index in [1.165, 1.54) is 0 Å². The lowest BCUT2D eigenvalue weighted by molar-refractivity contribution is -0.115. The number of oxazole rings is 1. The number of H-pyrrole nitrogens is 1. The third kappa shape index (κ3) is 3.35. The fourth-order valence-electron chi connectivity index (χ4n) is 2.32. The minimum Gasteiger partial charge on any atom is -0.408 e. The predicted octanol–water partition coefficient (Wildman–Crippen LogP) is 1.80. The molecule has 0 spiro atoms. The van der Waals surface area contributed by atoms with Crippen molar-refractivity contribution in [3.63, 3.8) is 0 Å². The zero-order chi connectivity index (χ0) is 17.1. The molecule has 122 valence electrons. The van der Waals surface area contributed by atoms with Crippen molar-refractivity contribution >= 4 is 28.6 Å². The molecule has 2 amide bonds. The van der Waals surface area contributed by atoms with E-state index in [1.807, 2.05) is 19.1 Å². The van der Waals surface area contributed by atoms with E-state index < -0.39 is 5.76 Å². The second kappa shape index (κ2) is 6.41. The molecule has 0 unspecified atom stereocenters. The molecule has 0 saturated heterocycles. The average Bonchev–Trinajstić information content (AvgIpc) is 2.92. The van der Waals surface area contributed by atoms with Crippen LogP contribution in [-0.4, -0.2) is 23.3 Å². The molecule has 0 aliphatic carbocycles. The smallest absolute Gasteiger partial charge is 0.408 e. The maximum absolute atomic E-state index is 12.1. The maximum Gasteiger partial charge on any atom is 0.417 e. The second-order valence-electron chi connectivity index (χ2n) is 5.27. The number of hydrogen-bond donors (Lipinski definition) is 3. The van der Waals surface area contributed by atoms with Gasteiger partial charge in [0.1, 0.15) is 0 Å². The number of benzene rings is 2. The van der Waals surface area contributed by atoms with Gasteiger partial charge in [0.05, 0.1) is 12.1 Å². The van der Waals surface area contributed by atoms with Crippen LogP contribution in [0.2, 0.25) is 0 Å². The van der Waals surface area contributed by atoms with E-state index in [-0.39, 0.29) is 18.4 Å². The van der Waals surface area contributed by atoms with E-state index >= 15 is 0 Å². The number of fused-ring (bicyclic) bond motifs is 1. The molecular weight excluding hydrogens is 310 g/mol. The van der Waals surface area contributed by atoms with Crippen molar-refractivity contribution < 1.29 is 14.0 Å². The molecule has 7 heteroatoms. The standard InChI is InChI=1S/C17H15N3O4/c1-10-4-2-3-5-12(10)16(22)18-9-15(21)19-11-6-7-14-13(8-11)20-17(23)24-14/h2-8H,9H2,1H3,(H,18,22)(H,19,21)(H,20,23). The number of hydrogen-bond acceptors (Lipinski definition) is 4. The van der Waals surface area contributed by atoms with E-state index in [0.717, 1.165) is 5.56 Å². The Hall–Kier alpha value is -3.35. The van der Waals surface area contributed by atoms with Crippen LogP contribution in [0.15, 0.2) is 51.7 Å². The second-order valence-corrected chi connectivity index (χ2v) is 5.27. The summed E-state index contributed by atoms with van der Waals surface area (Å²) in [5, 5.41) is 5.22. The Kier molecular flexibility index (Phi) is 4.15. The van der Waals surface area contributed by atoms with Crippen LogP contribution in [0.5, 0.6) is 0 Å². The van der Waals surface area contributed by atoms with Crippen molar-refractivity contribution in [2.75, 3.05) is 11.9 Å². The van der Waals surface area contributed by atoms with E-state index in [1.54, 1.807) is 30.3 Å². The Balaban J connectivity index is 1.61. The zero-order valence-electron chi connectivity index (χ0n) is 12.9. The van der Waals surface area contributed by atoms with Gasteiger partial charge in [-0.25, -0.2) is 4.79 Å². The predicted molar refractivity (Wildman–Crippen MR) is 89.0 cm³/mol. The highest BCUT2D eigenvalue weighted by Crippen LogP contribution is 2.15. The van der Waals surface area contributed by atoms with Gasteiger partial charge in [0.15, 0.2) is 5.58 Å². The summed E-state index contributed by atoms with van der Waals surface area (Å²) in [5.41, 5.74) is 2.76. The molecule has 2 aromatic carbocycles. The van der Waals surface area contributed by atoms with Crippen LogP contribution < -0.4 is 16.4 Å². The van der Waals surface area contributed by atoms with Crippen LogP contribution in [0.4, 0.5) is 5.69 Å². The van der Waals surface area contributed by atoms with Gasteiger partial charge in [-0.15, -0.1) is 0 Å². The summed E-state index contributed by atoms with van der Waals surface area (Å²) in [4.78, 5) is 37.6. The number of amides is 2. The van der Waals surface area contributed by atoms with E-state index in [9.17, 15) is 14.4 Å². The molecule has 0 fully saturated rings. The number of anilines is 1. The first kappa shape index (κ1) is 15.5. The van der Waals surface area contributed by atoms with Gasteiger partial charge in [0.25, 0.3) is 5.91 Å². The topological polar surface area (TPSA) is 104 Å². The molecule has 0 bridgehead atoms. The van der Waals surface area contributed by atoms with Gasteiger partial charge in [-0.1, -0.05) is 18.2 Å². The highest BCUT2D eigenvalue weighted by atomic mass is 16.4. The summed E-state index contributed by atoms with van der Waals surface area (Å²) < 4.78 is 4.89. The SMILES string of the molecule is Cc1ccccc1C(=O)NCC(=O)Nc1ccc2oc(=O)[nH]c2c1. The Morgan fingerprint density at radius 1 is 1.17 bits per heavy atom. The molecule has 24 heavy (non-hydrogen) atoms. The first-order valence-electron chi connectivity index (χ1n) is 7.29. The van der Waals surface area contributed by atoms with Crippen LogP contribution in [0.3, 0.4) is 0 Å². The largest absolute Gasteiger partial charge is 0.417 e. The van der Waals surface area contributed by atoms with Gasteiger partial charge in [0, 0.05) is 11.3 Å². The van der Waals surface area contributed by atoms with Crippen LogP contribution in [0, 0.1) is 6.92 Å². The Bertz CT molecular complexity index is 971. The molecule has 3 aromatic rings. The summed E-state index contributed by atoms with van der Waals surface area (Å²) in [7, 11) is 0. The van der Waals surface area contributed by atoms with Gasteiger partial charge in [0.2, 0.25) is 5.91 Å². The van der Waals surface area contributed by atoms with E-state index in [4.69, 9.17) is 4.42 Å². The molecular formula is C17H15N3O4. The van der Waals surface area contributed by atoms with Crippen molar-refractivity contribution in [2.45, 2.75) is 6.92 Å². The van der Waals surface area contributed by atoms with E-state index in [2.05, 4.69) is 15.6 Å². The third-order valence-electron chi connectivity index (χ3n) is 3.50. The highest BCUT2D eigenvalue weighted by molar-refractivity contribution is 6.00. The number of carbonyl (C=O) groups excluding carboxylic acids is 2. The molecule has 1 heterocycles. The number of aromatic nitrogens is 1. The van der Waals surface area contributed by atoms with Gasteiger partial charge in [-0.3, -0.25) is 14.6 Å². The first-order chi connectivity index (χ1) is 11.5. The number of rotatable bonds is 4. The summed E-state index contributed by atoms with van der Waals surface area (Å²) in [6.45, 7) is 1.67. The summed E-state index contributed by atoms with van der Waals surface area (Å²) in [6.07, 6.45) is 0. The average molecular weight is 325 g/mol. The zero-order valence-corrected chi connectivity index (χ0v) is 12.9. The van der Waals surface area contributed by atoms with Crippen molar-refractivity contribution in [3.05, 3.63) is 64.1 Å². The first-order valence-corrected chi connectivity index (χ1v) is 7.29. The normalized spacial score (nSPS) is 10.5. The van der Waals surface area contributed by atoms with Crippen LogP contribution in [0.25, 0.3) is 11.1 Å². The number of nitrogens with one attached hydrogen (secondary N) is 3. The maximum atomic E-state index is 12.1. The third-order valence-corrected chi connectivity index (χ3v) is 3.50. The number of aromatic amines is 1. The molecule has 3 rings (SSSR count). The van der Waals surface area contributed by atoms with Crippen molar-refractivity contribution in [1.29, 1.82) is 0 Å².